The third-order valence-electron chi connectivity index (χ3n) is 16.4. The summed E-state index contributed by atoms with van der Waals surface area (Å²) in [6.45, 7) is 12.8. The zero-order valence-corrected chi connectivity index (χ0v) is 52.2. The van der Waals surface area contributed by atoms with E-state index in [2.05, 4.69) is 22.1 Å². The molecule has 0 unspecified atom stereocenters. The molecule has 0 aromatic rings. The van der Waals surface area contributed by atoms with Crippen LogP contribution in [0.3, 0.4) is 0 Å². The van der Waals surface area contributed by atoms with Gasteiger partial charge < -0.3 is 48.9 Å². The van der Waals surface area contributed by atoms with Crippen molar-refractivity contribution in [3.63, 3.8) is 0 Å². The molecule has 0 aromatic carbocycles. The number of methoxy groups -OCH3 is 3. The predicted molar refractivity (Wildman–Crippen MR) is 316 cm³/mol. The lowest BCUT2D eigenvalue weighted by atomic mass is 9.78. The van der Waals surface area contributed by atoms with Gasteiger partial charge in [-0.3, -0.25) is 33.6 Å². The van der Waals surface area contributed by atoms with Crippen LogP contribution in [0, 0.1) is 35.5 Å². The number of rotatable bonds is 17. The van der Waals surface area contributed by atoms with Crippen molar-refractivity contribution in [2.45, 2.75) is 199 Å². The van der Waals surface area contributed by atoms with Crippen LogP contribution in [0.1, 0.15) is 145 Å². The number of carbonyl (C=O) groups is 8. The number of nitrogens with one attached hydrogen (secondary N) is 1. The van der Waals surface area contributed by atoms with Crippen LogP contribution in [0.25, 0.3) is 0 Å². The van der Waals surface area contributed by atoms with Gasteiger partial charge in [0, 0.05) is 93.9 Å². The molecule has 4 rings (SSSR count). The molecule has 15 atom stereocenters. The summed E-state index contributed by atoms with van der Waals surface area (Å²) in [7, 11) is 6.76. The molecular formula is C60H91N3O16S3. The number of amides is 2. The van der Waals surface area contributed by atoms with E-state index >= 15 is 0 Å². The Morgan fingerprint density at radius 3 is 2.34 bits per heavy atom. The monoisotopic (exact) mass is 1210 g/mol. The normalized spacial score (nSPS) is 33.2. The average molecular weight is 1210 g/mol. The van der Waals surface area contributed by atoms with Gasteiger partial charge in [-0.15, -0.1) is 0 Å². The molecule has 460 valence electrons. The van der Waals surface area contributed by atoms with Gasteiger partial charge in [0.2, 0.25) is 5.79 Å². The quantitative estimate of drug-likeness (QED) is 0.0407. The summed E-state index contributed by atoms with van der Waals surface area (Å²) in [6, 6.07) is -1.21. The fourth-order valence-electron chi connectivity index (χ4n) is 11.3. The van der Waals surface area contributed by atoms with Crippen molar-refractivity contribution in [1.29, 1.82) is 0 Å². The molecule has 1 saturated carbocycles. The molecule has 3 fully saturated rings. The smallest absolute Gasteiger partial charge is 0.329 e. The second kappa shape index (κ2) is 35.5. The van der Waals surface area contributed by atoms with Crippen molar-refractivity contribution in [2.24, 2.45) is 39.9 Å². The van der Waals surface area contributed by atoms with E-state index in [0.29, 0.717) is 75.7 Å². The summed E-state index contributed by atoms with van der Waals surface area (Å²) >= 11 is 4.57. The molecule has 1 aliphatic carbocycles. The van der Waals surface area contributed by atoms with E-state index in [1.807, 2.05) is 51.2 Å². The first-order valence-electron chi connectivity index (χ1n) is 29.0. The number of Topliss-reactive ketones (excluding diaryl/α,β-unsaturated/α-hetero) is 4. The fraction of sp³-hybridized carbons (Fsp3) is 0.733. The molecule has 0 radical (unpaired) electrons. The Labute approximate surface area is 498 Å². The highest BCUT2D eigenvalue weighted by atomic mass is 33.1. The third kappa shape index (κ3) is 21.5. The lowest BCUT2D eigenvalue weighted by Gasteiger charge is -2.42. The standard InChI is InChI=1S/C60H91N3O16S3/c1-36-17-12-11-13-18-37(2)49(74-8)33-45-23-20-42(7)60(73,79-45)56(69)57(70)63-27-15-14-19-46(63)58(71)78-50(34-47(65)38(3)30-41(6)54(68)55(76-10)53(67)40(5)29-36)39(4)31-43-21-24-48(51(32-43)75-9)77-52(66)25-22-44(64)35-61-59(72)82-81-28-16-26-62-80/h11-13,17-18,30,36,38-40,42-43,45-46,48-51,54-55,68,73H,14-16,19-29,31-35H2,1-10H3,(H,61,72)/b13-11?,17-12+,37-18?,41-30+/t36-,38-,39-,40-,42-,43+,45+,46+,48-,49+,50+,51-,54-,55+,60-/m1/s1. The lowest BCUT2D eigenvalue weighted by molar-refractivity contribution is -0.265. The molecule has 0 spiro atoms. The van der Waals surface area contributed by atoms with Crippen LogP contribution in [-0.2, 0) is 74.4 Å². The van der Waals surface area contributed by atoms with Gasteiger partial charge in [-0.05, 0) is 113 Å². The minimum absolute atomic E-state index is 0.0147. The minimum Gasteiger partial charge on any atom is -0.460 e. The molecule has 0 aromatic heterocycles. The number of carbonyl (C=O) groups excluding carboxylic acids is 8. The number of fused-ring (bicyclic) bond motifs is 3. The van der Waals surface area contributed by atoms with Gasteiger partial charge in [-0.25, -0.2) is 9.16 Å². The highest BCUT2D eigenvalue weighted by Crippen LogP contribution is 2.38. The van der Waals surface area contributed by atoms with E-state index in [-0.39, 0.29) is 79.6 Å². The van der Waals surface area contributed by atoms with Crippen LogP contribution in [0.2, 0.25) is 0 Å². The van der Waals surface area contributed by atoms with E-state index in [0.717, 1.165) is 27.7 Å². The molecule has 2 saturated heterocycles. The molecule has 22 heteroatoms. The first-order chi connectivity index (χ1) is 39.0. The predicted octanol–water partition coefficient (Wildman–Crippen LogP) is 8.29. The van der Waals surface area contributed by atoms with Gasteiger partial charge >= 0.3 is 11.9 Å². The van der Waals surface area contributed by atoms with Crippen molar-refractivity contribution in [3.8, 4) is 0 Å². The van der Waals surface area contributed by atoms with E-state index in [1.165, 1.54) is 25.0 Å². The molecule has 19 nitrogen and oxygen atoms in total. The maximum Gasteiger partial charge on any atom is 0.329 e. The number of hydrogen-bond donors (Lipinski definition) is 3. The number of hydrogen-bond acceptors (Lipinski definition) is 20. The van der Waals surface area contributed by atoms with Crippen LogP contribution < -0.4 is 5.32 Å². The number of ketones is 4. The van der Waals surface area contributed by atoms with Crippen molar-refractivity contribution in [3.05, 3.63) is 47.6 Å². The van der Waals surface area contributed by atoms with Gasteiger partial charge in [0.1, 0.15) is 36.2 Å². The number of nitrogens with zero attached hydrogens (tertiary/aromatic N) is 2. The fourth-order valence-corrected chi connectivity index (χ4v) is 13.1. The maximum absolute atomic E-state index is 14.6. The van der Waals surface area contributed by atoms with E-state index < -0.39 is 102 Å². The van der Waals surface area contributed by atoms with Gasteiger partial charge in [0.05, 0.1) is 37.8 Å². The molecule has 82 heavy (non-hydrogen) atoms. The molecule has 3 aliphatic heterocycles. The van der Waals surface area contributed by atoms with Crippen LogP contribution in [-0.4, -0.2) is 163 Å². The molecule has 2 amide bonds. The van der Waals surface area contributed by atoms with Crippen molar-refractivity contribution < 1.29 is 77.0 Å². The first kappa shape index (κ1) is 70.5. The average Bonchev–Trinajstić information content (AvgIpc) is 2.51. The molecule has 4 aliphatic rings. The third-order valence-corrected chi connectivity index (χ3v) is 18.7. The van der Waals surface area contributed by atoms with E-state index in [1.54, 1.807) is 40.9 Å². The van der Waals surface area contributed by atoms with Crippen LogP contribution in [0.5, 0.6) is 0 Å². The summed E-state index contributed by atoms with van der Waals surface area (Å²) in [5, 5.41) is 25.8. The molecule has 3 N–H and O–H groups in total. The highest BCUT2D eigenvalue weighted by Gasteiger charge is 2.53. The zero-order valence-electron chi connectivity index (χ0n) is 49.7. The van der Waals surface area contributed by atoms with Gasteiger partial charge in [0.25, 0.3) is 16.9 Å². The van der Waals surface area contributed by atoms with Crippen molar-refractivity contribution in [2.75, 3.05) is 46.7 Å². The van der Waals surface area contributed by atoms with Gasteiger partial charge in [-0.2, -0.15) is 0 Å². The van der Waals surface area contributed by atoms with Crippen molar-refractivity contribution >= 4 is 80.2 Å². The van der Waals surface area contributed by atoms with Gasteiger partial charge in [-0.1, -0.05) is 81.9 Å². The first-order valence-corrected chi connectivity index (χ1v) is 31.7. The Balaban J connectivity index is 1.57. The summed E-state index contributed by atoms with van der Waals surface area (Å²) in [6.07, 6.45) is 10.2. The van der Waals surface area contributed by atoms with Crippen LogP contribution >= 0.6 is 21.6 Å². The maximum atomic E-state index is 14.6. The van der Waals surface area contributed by atoms with Gasteiger partial charge in [0.15, 0.2) is 11.6 Å². The number of allylic oxidation sites excluding steroid dienone is 6. The second-order valence-corrected chi connectivity index (χ2v) is 25.5. The summed E-state index contributed by atoms with van der Waals surface area (Å²) in [5.41, 5.74) is 1.20. The van der Waals surface area contributed by atoms with Crippen molar-refractivity contribution in [1.82, 2.24) is 10.2 Å². The molecular weight excluding hydrogens is 1110 g/mol. The number of aliphatic hydroxyl groups is 2. The summed E-state index contributed by atoms with van der Waals surface area (Å²) in [5.74, 6) is -8.93. The number of esters is 2. The molecule has 2 bridgehead atoms. The Morgan fingerprint density at radius 1 is 0.902 bits per heavy atom. The Morgan fingerprint density at radius 2 is 1.65 bits per heavy atom. The Bertz CT molecular complexity index is 2310. The highest BCUT2D eigenvalue weighted by molar-refractivity contribution is 8.82. The SMILES string of the molecule is CO[C@H]1C[C@@H]2CC[C@@H](C)[C@@](O)(O2)C(=O)C(=O)N2CCCC[C@H]2C(=O)O[C@H]([C@H](C)C[C@@H]2CC[C@@H](OC(=O)CCC(=O)CNC(=O)SSCCCN=S)[C@H](OC)C2)CC(=O)[C@H](C)/C=C(\C)[C@@H](O)[C@@H](OC)C(=O)[C@H](C)C[C@H](C)/C=C/C=CC=C1C. The van der Waals surface area contributed by atoms with E-state index in [4.69, 9.17) is 28.4 Å². The summed E-state index contributed by atoms with van der Waals surface area (Å²) in [4.78, 5) is 110. The largest absolute Gasteiger partial charge is 0.460 e. The number of cyclic esters (lactones) is 1. The zero-order chi connectivity index (χ0) is 60.7. The Kier molecular flexibility index (Phi) is 30.5. The second-order valence-electron chi connectivity index (χ2n) is 22.8. The lowest BCUT2D eigenvalue weighted by Crippen LogP contribution is -2.61. The number of ether oxygens (including phenoxy) is 6. The number of piperidine rings is 1. The Hall–Kier alpha value is -4.00. The summed E-state index contributed by atoms with van der Waals surface area (Å²) < 4.78 is 39.3. The van der Waals surface area contributed by atoms with Crippen LogP contribution in [0.15, 0.2) is 52.0 Å². The van der Waals surface area contributed by atoms with E-state index in [9.17, 15) is 48.6 Å². The minimum atomic E-state index is -2.48. The van der Waals surface area contributed by atoms with Crippen LogP contribution in [0.4, 0.5) is 4.79 Å². The number of aliphatic hydroxyl groups excluding tert-OH is 1. The topological polar surface area (TPSA) is 260 Å². The molecule has 3 heterocycles.